The van der Waals surface area contributed by atoms with E-state index < -0.39 is 0 Å². The van der Waals surface area contributed by atoms with Crippen molar-refractivity contribution in [1.29, 1.82) is 0 Å². The molecule has 0 aliphatic heterocycles. The van der Waals surface area contributed by atoms with Crippen LogP contribution in [0, 0.1) is 0 Å². The highest BCUT2D eigenvalue weighted by Gasteiger charge is 2.07. The summed E-state index contributed by atoms with van der Waals surface area (Å²) in [5.41, 5.74) is 6.61. The van der Waals surface area contributed by atoms with Crippen molar-refractivity contribution >= 4 is 11.6 Å². The number of aromatic nitrogens is 1. The molecule has 0 bridgehead atoms. The summed E-state index contributed by atoms with van der Waals surface area (Å²) in [5.74, 6) is -0.120. The minimum Gasteiger partial charge on any atom is -0.459 e. The first-order chi connectivity index (χ1) is 8.27. The number of carbonyl (C=O) groups is 1. The molecule has 0 saturated heterocycles. The molecule has 0 unspecified atom stereocenters. The van der Waals surface area contributed by atoms with Crippen LogP contribution in [0.15, 0.2) is 53.9 Å². The van der Waals surface area contributed by atoms with Crippen LogP contribution in [0.3, 0.4) is 0 Å². The number of hydrogen-bond donors (Lipinski definition) is 2. The molecule has 0 radical (unpaired) electrons. The Morgan fingerprint density at radius 3 is 2.65 bits per heavy atom. The van der Waals surface area contributed by atoms with Gasteiger partial charge in [0.25, 0.3) is 0 Å². The predicted molar refractivity (Wildman–Crippen MR) is 62.6 cm³/mol. The van der Waals surface area contributed by atoms with Crippen molar-refractivity contribution in [1.82, 2.24) is 15.8 Å². The van der Waals surface area contributed by atoms with Gasteiger partial charge in [-0.2, -0.15) is 0 Å². The van der Waals surface area contributed by atoms with E-state index in [4.69, 9.17) is 4.42 Å². The van der Waals surface area contributed by atoms with E-state index in [1.807, 2.05) is 0 Å². The highest BCUT2D eigenvalue weighted by molar-refractivity contribution is 5.91. The lowest BCUT2D eigenvalue weighted by atomic mass is 10.2. The third kappa shape index (κ3) is 2.72. The average Bonchev–Trinajstić information content (AvgIpc) is 2.90. The van der Waals surface area contributed by atoms with Gasteiger partial charge in [-0.25, -0.2) is 0 Å². The highest BCUT2D eigenvalue weighted by atomic mass is 16.3. The van der Waals surface area contributed by atoms with Gasteiger partial charge in [-0.3, -0.25) is 20.6 Å². The molecule has 2 aromatic heterocycles. The van der Waals surface area contributed by atoms with Gasteiger partial charge in [-0.1, -0.05) is 6.58 Å². The van der Waals surface area contributed by atoms with Crippen molar-refractivity contribution in [3.63, 3.8) is 0 Å². The van der Waals surface area contributed by atoms with E-state index in [-0.39, 0.29) is 11.7 Å². The maximum atomic E-state index is 11.5. The molecule has 5 nitrogen and oxygen atoms in total. The molecule has 2 rings (SSSR count). The zero-order valence-corrected chi connectivity index (χ0v) is 9.01. The Bertz CT molecular complexity index is 506. The van der Waals surface area contributed by atoms with E-state index in [1.54, 1.807) is 36.7 Å². The molecular formula is C12H11N3O2. The normalized spacial score (nSPS) is 9.65. The van der Waals surface area contributed by atoms with Crippen molar-refractivity contribution in [3.05, 3.63) is 60.8 Å². The molecule has 86 valence electrons. The number of carbonyl (C=O) groups excluding carboxylic acids is 1. The number of nitrogens with one attached hydrogen (secondary N) is 2. The molecule has 0 saturated carbocycles. The first-order valence-corrected chi connectivity index (χ1v) is 4.96. The first kappa shape index (κ1) is 10.9. The Kier molecular flexibility index (Phi) is 3.20. The molecule has 0 aliphatic carbocycles. The molecule has 0 spiro atoms. The molecule has 0 atom stereocenters. The molecule has 0 aromatic carbocycles. The van der Waals surface area contributed by atoms with Crippen LogP contribution < -0.4 is 10.9 Å². The minimum absolute atomic E-state index is 0.236. The van der Waals surface area contributed by atoms with Gasteiger partial charge in [0.15, 0.2) is 5.76 Å². The van der Waals surface area contributed by atoms with Crippen molar-refractivity contribution < 1.29 is 9.21 Å². The zero-order valence-electron chi connectivity index (χ0n) is 9.01. The quantitative estimate of drug-likeness (QED) is 0.781. The second-order valence-electron chi connectivity index (χ2n) is 3.27. The summed E-state index contributed by atoms with van der Waals surface area (Å²) >= 11 is 0. The predicted octanol–water partition coefficient (Wildman–Crippen LogP) is 1.58. The zero-order chi connectivity index (χ0) is 12.1. The Hall–Kier alpha value is -2.56. The number of nitrogens with zero attached hydrogens (tertiary/aromatic N) is 1. The van der Waals surface area contributed by atoms with Crippen molar-refractivity contribution in [2.45, 2.75) is 0 Å². The minimum atomic E-state index is -0.356. The van der Waals surface area contributed by atoms with Gasteiger partial charge in [-0.15, -0.1) is 0 Å². The summed E-state index contributed by atoms with van der Waals surface area (Å²) < 4.78 is 4.94. The number of furan rings is 1. The van der Waals surface area contributed by atoms with Crippen LogP contribution in [0.4, 0.5) is 0 Å². The van der Waals surface area contributed by atoms with Crippen LogP contribution in [0.1, 0.15) is 16.1 Å². The van der Waals surface area contributed by atoms with Gasteiger partial charge < -0.3 is 4.42 Å². The van der Waals surface area contributed by atoms with E-state index in [2.05, 4.69) is 22.4 Å². The van der Waals surface area contributed by atoms with Gasteiger partial charge in [0.1, 0.15) is 0 Å². The summed E-state index contributed by atoms with van der Waals surface area (Å²) in [4.78, 5) is 15.4. The third-order valence-electron chi connectivity index (χ3n) is 2.10. The van der Waals surface area contributed by atoms with Gasteiger partial charge in [0.2, 0.25) is 0 Å². The van der Waals surface area contributed by atoms with E-state index in [0.717, 1.165) is 5.56 Å². The molecule has 0 aliphatic rings. The van der Waals surface area contributed by atoms with Crippen LogP contribution >= 0.6 is 0 Å². The lowest BCUT2D eigenvalue weighted by Gasteiger charge is -2.09. The summed E-state index contributed by atoms with van der Waals surface area (Å²) in [6, 6.07) is 6.79. The van der Waals surface area contributed by atoms with Crippen molar-refractivity contribution in [2.75, 3.05) is 0 Å². The van der Waals surface area contributed by atoms with Crippen molar-refractivity contribution in [2.24, 2.45) is 0 Å². The van der Waals surface area contributed by atoms with Crippen LogP contribution in [0.25, 0.3) is 5.70 Å². The number of pyridine rings is 1. The Morgan fingerprint density at radius 2 is 2.00 bits per heavy atom. The van der Waals surface area contributed by atoms with Crippen LogP contribution in [-0.4, -0.2) is 10.9 Å². The molecule has 2 N–H and O–H groups in total. The van der Waals surface area contributed by atoms with E-state index >= 15 is 0 Å². The van der Waals surface area contributed by atoms with Crippen LogP contribution in [0.2, 0.25) is 0 Å². The fourth-order valence-electron chi connectivity index (χ4n) is 1.23. The van der Waals surface area contributed by atoms with E-state index in [9.17, 15) is 4.79 Å². The summed E-state index contributed by atoms with van der Waals surface area (Å²) in [7, 11) is 0. The van der Waals surface area contributed by atoms with Crippen LogP contribution in [-0.2, 0) is 0 Å². The molecule has 2 heterocycles. The second-order valence-corrected chi connectivity index (χ2v) is 3.27. The Balaban J connectivity index is 1.91. The standard InChI is InChI=1S/C12H11N3O2/c1-9(10-4-6-13-7-5-10)14-15-12(16)11-3-2-8-17-11/h2-8,14H,1H2,(H,15,16). The Morgan fingerprint density at radius 1 is 1.24 bits per heavy atom. The number of amides is 1. The number of hydrazine groups is 1. The average molecular weight is 229 g/mol. The molecule has 0 fully saturated rings. The van der Waals surface area contributed by atoms with E-state index in [0.29, 0.717) is 5.70 Å². The summed E-state index contributed by atoms with van der Waals surface area (Å²) in [6.45, 7) is 3.79. The fraction of sp³-hybridized carbons (Fsp3) is 0. The first-order valence-electron chi connectivity index (χ1n) is 4.96. The number of rotatable bonds is 4. The van der Waals surface area contributed by atoms with Gasteiger partial charge in [0, 0.05) is 18.0 Å². The van der Waals surface area contributed by atoms with Crippen LogP contribution in [0.5, 0.6) is 0 Å². The smallest absolute Gasteiger partial charge is 0.305 e. The Labute approximate surface area is 98.1 Å². The second kappa shape index (κ2) is 4.98. The lowest BCUT2D eigenvalue weighted by molar-refractivity contribution is 0.0914. The molecule has 5 heteroatoms. The molecular weight excluding hydrogens is 218 g/mol. The number of hydrogen-bond acceptors (Lipinski definition) is 4. The summed E-state index contributed by atoms with van der Waals surface area (Å²) in [6.07, 6.45) is 4.74. The topological polar surface area (TPSA) is 67.2 Å². The monoisotopic (exact) mass is 229 g/mol. The molecule has 1 amide bonds. The van der Waals surface area contributed by atoms with Gasteiger partial charge in [-0.05, 0) is 24.3 Å². The SMILES string of the molecule is C=C(NNC(=O)c1ccco1)c1ccncc1. The third-order valence-corrected chi connectivity index (χ3v) is 2.10. The van der Waals surface area contributed by atoms with Gasteiger partial charge in [0.05, 0.1) is 12.0 Å². The fourth-order valence-corrected chi connectivity index (χ4v) is 1.23. The maximum absolute atomic E-state index is 11.5. The van der Waals surface area contributed by atoms with Crippen molar-refractivity contribution in [3.8, 4) is 0 Å². The van der Waals surface area contributed by atoms with E-state index in [1.165, 1.54) is 6.26 Å². The molecule has 2 aromatic rings. The maximum Gasteiger partial charge on any atom is 0.305 e. The molecule has 17 heavy (non-hydrogen) atoms. The van der Waals surface area contributed by atoms with Gasteiger partial charge >= 0.3 is 5.91 Å². The largest absolute Gasteiger partial charge is 0.459 e. The lowest BCUT2D eigenvalue weighted by Crippen LogP contribution is -2.35. The summed E-state index contributed by atoms with van der Waals surface area (Å²) in [5, 5.41) is 0. The highest BCUT2D eigenvalue weighted by Crippen LogP contribution is 2.06.